The van der Waals surface area contributed by atoms with Gasteiger partial charge in [0.25, 0.3) is 5.56 Å². The summed E-state index contributed by atoms with van der Waals surface area (Å²) in [6, 6.07) is 5.24. The van der Waals surface area contributed by atoms with Crippen molar-refractivity contribution >= 4 is 15.9 Å². The van der Waals surface area contributed by atoms with Crippen LogP contribution in [0.4, 0.5) is 0 Å². The maximum atomic E-state index is 11.6. The van der Waals surface area contributed by atoms with Crippen LogP contribution in [0.3, 0.4) is 0 Å². The molecule has 0 saturated carbocycles. The molecule has 5 heteroatoms. The fraction of sp³-hybridized carbons (Fsp3) is 0.308. The number of hydrogen-bond donors (Lipinski definition) is 1. The molecule has 0 unspecified atom stereocenters. The van der Waals surface area contributed by atoms with E-state index in [1.54, 1.807) is 12.3 Å². The van der Waals surface area contributed by atoms with Crippen molar-refractivity contribution in [3.05, 3.63) is 44.9 Å². The molecule has 18 heavy (non-hydrogen) atoms. The molecule has 0 radical (unpaired) electrons. The first-order valence-corrected chi connectivity index (χ1v) is 6.56. The highest BCUT2D eigenvalue weighted by Gasteiger charge is 2.06. The zero-order valence-corrected chi connectivity index (χ0v) is 11.9. The molecule has 0 atom stereocenters. The number of nitrogens with zero attached hydrogens (tertiary/aromatic N) is 2. The Morgan fingerprint density at radius 2 is 2.17 bits per heavy atom. The monoisotopic (exact) mass is 307 g/mol. The lowest BCUT2D eigenvalue weighted by atomic mass is 10.1. The summed E-state index contributed by atoms with van der Waals surface area (Å²) in [4.78, 5) is 23.0. The van der Waals surface area contributed by atoms with Crippen LogP contribution in [0.1, 0.15) is 19.5 Å². The van der Waals surface area contributed by atoms with Crippen molar-refractivity contribution in [2.24, 2.45) is 5.92 Å². The lowest BCUT2D eigenvalue weighted by Crippen LogP contribution is -2.12. The van der Waals surface area contributed by atoms with Crippen LogP contribution in [0.2, 0.25) is 0 Å². The minimum atomic E-state index is -0.139. The number of aromatic nitrogens is 3. The standard InChI is InChI=1S/C13H14BrN3O/c1-8(2)5-10-6-12(18)17-13(16-10)11-4-3-9(14)7-15-11/h3-4,6-8H,5H2,1-2H3,(H,16,17,18). The van der Waals surface area contributed by atoms with E-state index < -0.39 is 0 Å². The fourth-order valence-electron chi connectivity index (χ4n) is 1.67. The van der Waals surface area contributed by atoms with Gasteiger partial charge in [-0.1, -0.05) is 13.8 Å². The highest BCUT2D eigenvalue weighted by molar-refractivity contribution is 9.10. The second-order valence-electron chi connectivity index (χ2n) is 4.54. The van der Waals surface area contributed by atoms with Crippen LogP contribution in [0.25, 0.3) is 11.5 Å². The lowest BCUT2D eigenvalue weighted by molar-refractivity contribution is 0.633. The Morgan fingerprint density at radius 1 is 1.39 bits per heavy atom. The van der Waals surface area contributed by atoms with Gasteiger partial charge in [-0.15, -0.1) is 0 Å². The number of aromatic amines is 1. The van der Waals surface area contributed by atoms with Gasteiger partial charge >= 0.3 is 0 Å². The molecule has 2 aromatic heterocycles. The number of nitrogens with one attached hydrogen (secondary N) is 1. The van der Waals surface area contributed by atoms with Crippen molar-refractivity contribution in [3.63, 3.8) is 0 Å². The molecule has 4 nitrogen and oxygen atoms in total. The molecule has 0 spiro atoms. The Hall–Kier alpha value is -1.49. The summed E-state index contributed by atoms with van der Waals surface area (Å²) in [7, 11) is 0. The Labute approximate surface area is 114 Å². The molecule has 0 aliphatic heterocycles. The molecule has 2 heterocycles. The van der Waals surface area contributed by atoms with Gasteiger partial charge in [0.2, 0.25) is 0 Å². The van der Waals surface area contributed by atoms with Crippen LogP contribution in [0.5, 0.6) is 0 Å². The van der Waals surface area contributed by atoms with Crippen LogP contribution < -0.4 is 5.56 Å². The first-order chi connectivity index (χ1) is 8.54. The minimum absolute atomic E-state index is 0.139. The average Bonchev–Trinajstić information content (AvgIpc) is 2.28. The van der Waals surface area contributed by atoms with E-state index in [1.807, 2.05) is 12.1 Å². The first kappa shape index (κ1) is 13.0. The van der Waals surface area contributed by atoms with E-state index in [0.717, 1.165) is 16.6 Å². The van der Waals surface area contributed by atoms with Crippen molar-refractivity contribution in [1.82, 2.24) is 15.0 Å². The maximum Gasteiger partial charge on any atom is 0.251 e. The van der Waals surface area contributed by atoms with Crippen LogP contribution in [0, 0.1) is 5.92 Å². The van der Waals surface area contributed by atoms with Gasteiger partial charge in [-0.05, 0) is 40.4 Å². The Kier molecular flexibility index (Phi) is 3.91. The third-order valence-corrected chi connectivity index (χ3v) is 2.85. The smallest absolute Gasteiger partial charge is 0.251 e. The highest BCUT2D eigenvalue weighted by Crippen LogP contribution is 2.15. The Bertz CT molecular complexity index is 590. The first-order valence-electron chi connectivity index (χ1n) is 5.77. The minimum Gasteiger partial charge on any atom is -0.305 e. The number of halogens is 1. The zero-order chi connectivity index (χ0) is 13.1. The molecule has 0 aliphatic carbocycles. The average molecular weight is 308 g/mol. The quantitative estimate of drug-likeness (QED) is 0.948. The molecule has 94 valence electrons. The molecule has 0 aromatic carbocycles. The van der Waals surface area contributed by atoms with Gasteiger partial charge in [0.15, 0.2) is 5.82 Å². The molecule has 0 fully saturated rings. The van der Waals surface area contributed by atoms with Crippen molar-refractivity contribution < 1.29 is 0 Å². The molecule has 2 rings (SSSR count). The second kappa shape index (κ2) is 5.44. The predicted molar refractivity (Wildman–Crippen MR) is 74.3 cm³/mol. The van der Waals surface area contributed by atoms with Crippen LogP contribution >= 0.6 is 15.9 Å². The number of H-pyrrole nitrogens is 1. The summed E-state index contributed by atoms with van der Waals surface area (Å²) in [5, 5.41) is 0. The topological polar surface area (TPSA) is 58.6 Å². The third kappa shape index (κ3) is 3.26. The van der Waals surface area contributed by atoms with Crippen molar-refractivity contribution in [3.8, 4) is 11.5 Å². The van der Waals surface area contributed by atoms with Gasteiger partial charge in [0.1, 0.15) is 5.69 Å². The van der Waals surface area contributed by atoms with Crippen LogP contribution in [0.15, 0.2) is 33.7 Å². The SMILES string of the molecule is CC(C)Cc1cc(=O)[nH]c(-c2ccc(Br)cn2)n1. The molecule has 1 N–H and O–H groups in total. The summed E-state index contributed by atoms with van der Waals surface area (Å²) in [5.74, 6) is 0.982. The van der Waals surface area contributed by atoms with E-state index >= 15 is 0 Å². The number of rotatable bonds is 3. The molecular formula is C13H14BrN3O. The largest absolute Gasteiger partial charge is 0.305 e. The van der Waals surface area contributed by atoms with Crippen molar-refractivity contribution in [1.29, 1.82) is 0 Å². The van der Waals surface area contributed by atoms with Crippen LogP contribution in [-0.2, 0) is 6.42 Å². The van der Waals surface area contributed by atoms with E-state index in [2.05, 4.69) is 44.7 Å². The molecular weight excluding hydrogens is 294 g/mol. The van der Waals surface area contributed by atoms with E-state index in [9.17, 15) is 4.79 Å². The van der Waals surface area contributed by atoms with E-state index in [0.29, 0.717) is 17.4 Å². The summed E-state index contributed by atoms with van der Waals surface area (Å²) >= 11 is 3.32. The molecule has 0 amide bonds. The molecule has 0 saturated heterocycles. The summed E-state index contributed by atoms with van der Waals surface area (Å²) in [6.07, 6.45) is 2.47. The number of pyridine rings is 1. The summed E-state index contributed by atoms with van der Waals surface area (Å²) in [5.41, 5.74) is 1.33. The highest BCUT2D eigenvalue weighted by atomic mass is 79.9. The fourth-order valence-corrected chi connectivity index (χ4v) is 1.90. The Morgan fingerprint density at radius 3 is 2.78 bits per heavy atom. The maximum absolute atomic E-state index is 11.6. The Balaban J connectivity index is 2.41. The number of hydrogen-bond acceptors (Lipinski definition) is 3. The molecule has 2 aromatic rings. The van der Waals surface area contributed by atoms with Crippen LogP contribution in [-0.4, -0.2) is 15.0 Å². The van der Waals surface area contributed by atoms with Crippen molar-refractivity contribution in [2.45, 2.75) is 20.3 Å². The van der Waals surface area contributed by atoms with Crippen molar-refractivity contribution in [2.75, 3.05) is 0 Å². The predicted octanol–water partition coefficient (Wildman–Crippen LogP) is 2.79. The zero-order valence-electron chi connectivity index (χ0n) is 10.3. The van der Waals surface area contributed by atoms with Gasteiger partial charge in [-0.2, -0.15) is 0 Å². The second-order valence-corrected chi connectivity index (χ2v) is 5.46. The van der Waals surface area contributed by atoms with Gasteiger partial charge < -0.3 is 4.98 Å². The van der Waals surface area contributed by atoms with E-state index in [-0.39, 0.29) is 5.56 Å². The molecule has 0 bridgehead atoms. The third-order valence-electron chi connectivity index (χ3n) is 2.38. The van der Waals surface area contributed by atoms with E-state index in [1.165, 1.54) is 0 Å². The molecule has 0 aliphatic rings. The van der Waals surface area contributed by atoms with Gasteiger partial charge in [-0.3, -0.25) is 9.78 Å². The van der Waals surface area contributed by atoms with Gasteiger partial charge in [0.05, 0.1) is 0 Å². The summed E-state index contributed by atoms with van der Waals surface area (Å²) in [6.45, 7) is 4.20. The lowest BCUT2D eigenvalue weighted by Gasteiger charge is -2.06. The van der Waals surface area contributed by atoms with E-state index in [4.69, 9.17) is 0 Å². The van der Waals surface area contributed by atoms with Gasteiger partial charge in [0, 0.05) is 22.4 Å². The van der Waals surface area contributed by atoms with Gasteiger partial charge in [-0.25, -0.2) is 4.98 Å². The normalized spacial score (nSPS) is 10.9. The summed E-state index contributed by atoms with van der Waals surface area (Å²) < 4.78 is 0.895.